The first-order chi connectivity index (χ1) is 8.49. The van der Waals surface area contributed by atoms with E-state index < -0.39 is 0 Å². The molecule has 5 heteroatoms. The number of rotatable bonds is 2. The average molecular weight is 326 g/mol. The van der Waals surface area contributed by atoms with E-state index in [4.69, 9.17) is 17.3 Å². The van der Waals surface area contributed by atoms with Gasteiger partial charge in [0.25, 0.3) is 0 Å². The van der Waals surface area contributed by atoms with Crippen LogP contribution in [0.15, 0.2) is 34.9 Å². The van der Waals surface area contributed by atoms with Crippen LogP contribution in [-0.4, -0.2) is 10.8 Å². The number of pyridine rings is 1. The van der Waals surface area contributed by atoms with Crippen molar-refractivity contribution in [2.75, 3.05) is 5.73 Å². The third-order valence-corrected chi connectivity index (χ3v) is 3.26. The van der Waals surface area contributed by atoms with E-state index in [1.54, 1.807) is 6.07 Å². The van der Waals surface area contributed by atoms with Gasteiger partial charge in [-0.15, -0.1) is 0 Å². The molecule has 2 aromatic rings. The smallest absolute Gasteiger partial charge is 0.197 e. The van der Waals surface area contributed by atoms with Crippen LogP contribution in [-0.2, 0) is 0 Å². The van der Waals surface area contributed by atoms with E-state index in [0.29, 0.717) is 16.1 Å². The number of anilines is 1. The van der Waals surface area contributed by atoms with Crippen LogP contribution in [0.25, 0.3) is 0 Å². The Morgan fingerprint density at radius 2 is 2.06 bits per heavy atom. The van der Waals surface area contributed by atoms with Crippen LogP contribution in [0.3, 0.4) is 0 Å². The molecule has 0 fully saturated rings. The van der Waals surface area contributed by atoms with Gasteiger partial charge in [0.2, 0.25) is 0 Å². The van der Waals surface area contributed by atoms with Gasteiger partial charge in [0.15, 0.2) is 5.78 Å². The predicted molar refractivity (Wildman–Crippen MR) is 76.0 cm³/mol. The summed E-state index contributed by atoms with van der Waals surface area (Å²) in [5, 5.41) is 0.391. The summed E-state index contributed by atoms with van der Waals surface area (Å²) in [6.07, 6.45) is 1.42. The minimum absolute atomic E-state index is 0.174. The van der Waals surface area contributed by atoms with E-state index >= 15 is 0 Å². The Kier molecular flexibility index (Phi) is 3.68. The number of ketones is 1. The second-order valence-corrected chi connectivity index (χ2v) is 5.23. The summed E-state index contributed by atoms with van der Waals surface area (Å²) in [7, 11) is 0. The standard InChI is InChI=1S/C13H10BrClN2O/c1-7-4-8(14)2-3-10(7)12(18)11-5-9(15)6-17-13(11)16/h2-6H,1H3,(H2,16,17). The molecule has 0 radical (unpaired) electrons. The van der Waals surface area contributed by atoms with Gasteiger partial charge in [0.05, 0.1) is 10.6 Å². The first-order valence-electron chi connectivity index (χ1n) is 5.21. The van der Waals surface area contributed by atoms with Gasteiger partial charge in [0, 0.05) is 16.2 Å². The SMILES string of the molecule is Cc1cc(Br)ccc1C(=O)c1cc(Cl)cnc1N. The highest BCUT2D eigenvalue weighted by atomic mass is 79.9. The first kappa shape index (κ1) is 13.1. The Balaban J connectivity index is 2.51. The maximum absolute atomic E-state index is 12.4. The van der Waals surface area contributed by atoms with E-state index in [1.165, 1.54) is 12.3 Å². The second kappa shape index (κ2) is 5.08. The number of aromatic nitrogens is 1. The Labute approximate surface area is 118 Å². The first-order valence-corrected chi connectivity index (χ1v) is 6.38. The normalized spacial score (nSPS) is 10.4. The maximum atomic E-state index is 12.4. The molecule has 3 nitrogen and oxygen atoms in total. The lowest BCUT2D eigenvalue weighted by atomic mass is 10.00. The molecule has 2 N–H and O–H groups in total. The van der Waals surface area contributed by atoms with Crippen molar-refractivity contribution in [2.45, 2.75) is 6.92 Å². The molecule has 18 heavy (non-hydrogen) atoms. The summed E-state index contributed by atoms with van der Waals surface area (Å²) in [6.45, 7) is 1.87. The number of carbonyl (C=O) groups excluding carboxylic acids is 1. The van der Waals surface area contributed by atoms with Crippen LogP contribution in [0.4, 0.5) is 5.82 Å². The van der Waals surface area contributed by atoms with Crippen LogP contribution in [0.2, 0.25) is 5.02 Å². The van der Waals surface area contributed by atoms with Crippen molar-refractivity contribution in [3.8, 4) is 0 Å². The quantitative estimate of drug-likeness (QED) is 0.858. The third-order valence-electron chi connectivity index (χ3n) is 2.56. The molecule has 2 rings (SSSR count). The molecule has 0 amide bonds. The molecule has 1 heterocycles. The van der Waals surface area contributed by atoms with Gasteiger partial charge in [-0.2, -0.15) is 0 Å². The Morgan fingerprint density at radius 1 is 1.33 bits per heavy atom. The van der Waals surface area contributed by atoms with Gasteiger partial charge in [-0.1, -0.05) is 27.5 Å². The lowest BCUT2D eigenvalue weighted by Crippen LogP contribution is -2.08. The molecule has 0 atom stereocenters. The Bertz CT molecular complexity index is 628. The van der Waals surface area contributed by atoms with Gasteiger partial charge in [0.1, 0.15) is 5.82 Å². The van der Waals surface area contributed by atoms with Crippen molar-refractivity contribution >= 4 is 39.1 Å². The number of halogens is 2. The Morgan fingerprint density at radius 3 is 2.72 bits per heavy atom. The van der Waals surface area contributed by atoms with Gasteiger partial charge in [-0.05, 0) is 36.8 Å². The zero-order valence-corrected chi connectivity index (χ0v) is 11.9. The molecule has 0 aliphatic heterocycles. The molecule has 0 aliphatic carbocycles. The van der Waals surface area contributed by atoms with Crippen LogP contribution >= 0.6 is 27.5 Å². The molecule has 0 bridgehead atoms. The van der Waals surface area contributed by atoms with Crippen LogP contribution in [0, 0.1) is 6.92 Å². The fraction of sp³-hybridized carbons (Fsp3) is 0.0769. The van der Waals surface area contributed by atoms with E-state index in [2.05, 4.69) is 20.9 Å². The van der Waals surface area contributed by atoms with E-state index in [0.717, 1.165) is 10.0 Å². The number of aryl methyl sites for hydroxylation is 1. The minimum Gasteiger partial charge on any atom is -0.383 e. The molecular weight excluding hydrogens is 316 g/mol. The van der Waals surface area contributed by atoms with E-state index in [9.17, 15) is 4.79 Å². The van der Waals surface area contributed by atoms with Crippen molar-refractivity contribution in [3.05, 3.63) is 56.6 Å². The lowest BCUT2D eigenvalue weighted by molar-refractivity contribution is 0.103. The van der Waals surface area contributed by atoms with Crippen molar-refractivity contribution in [3.63, 3.8) is 0 Å². The zero-order chi connectivity index (χ0) is 13.3. The van der Waals surface area contributed by atoms with Gasteiger partial charge in [-0.3, -0.25) is 4.79 Å². The molecular formula is C13H10BrClN2O. The third kappa shape index (κ3) is 2.54. The summed E-state index contributed by atoms with van der Waals surface area (Å²) in [5.74, 6) is 0.0132. The number of carbonyl (C=O) groups is 1. The van der Waals surface area contributed by atoms with Crippen molar-refractivity contribution < 1.29 is 4.79 Å². The van der Waals surface area contributed by atoms with Crippen LogP contribution < -0.4 is 5.73 Å². The maximum Gasteiger partial charge on any atom is 0.197 e. The van der Waals surface area contributed by atoms with Crippen molar-refractivity contribution in [1.82, 2.24) is 4.98 Å². The van der Waals surface area contributed by atoms with E-state index in [1.807, 2.05) is 19.1 Å². The summed E-state index contributed by atoms with van der Waals surface area (Å²) in [5.41, 5.74) is 7.50. The monoisotopic (exact) mass is 324 g/mol. The fourth-order valence-corrected chi connectivity index (χ4v) is 2.29. The Hall–Kier alpha value is -1.39. The summed E-state index contributed by atoms with van der Waals surface area (Å²) in [4.78, 5) is 16.2. The van der Waals surface area contributed by atoms with Crippen LogP contribution in [0.1, 0.15) is 21.5 Å². The molecule has 1 aromatic heterocycles. The molecule has 92 valence electrons. The molecule has 0 spiro atoms. The van der Waals surface area contributed by atoms with Gasteiger partial charge < -0.3 is 5.73 Å². The highest BCUT2D eigenvalue weighted by Crippen LogP contribution is 2.22. The van der Waals surface area contributed by atoms with E-state index in [-0.39, 0.29) is 11.6 Å². The highest BCUT2D eigenvalue weighted by molar-refractivity contribution is 9.10. The van der Waals surface area contributed by atoms with Crippen molar-refractivity contribution in [1.29, 1.82) is 0 Å². The summed E-state index contributed by atoms with van der Waals surface area (Å²) < 4.78 is 0.925. The topological polar surface area (TPSA) is 56.0 Å². The average Bonchev–Trinajstić information content (AvgIpc) is 2.31. The highest BCUT2D eigenvalue weighted by Gasteiger charge is 2.16. The number of nitrogens with two attached hydrogens (primary N) is 1. The summed E-state index contributed by atoms with van der Waals surface area (Å²) >= 11 is 9.19. The predicted octanol–water partition coefficient (Wildman–Crippen LogP) is 3.62. The molecule has 0 unspecified atom stereocenters. The summed E-state index contributed by atoms with van der Waals surface area (Å²) in [6, 6.07) is 6.98. The molecule has 1 aromatic carbocycles. The number of nitrogen functional groups attached to an aromatic ring is 1. The molecule has 0 saturated carbocycles. The van der Waals surface area contributed by atoms with Gasteiger partial charge >= 0.3 is 0 Å². The van der Waals surface area contributed by atoms with Crippen LogP contribution in [0.5, 0.6) is 0 Å². The number of hydrogen-bond donors (Lipinski definition) is 1. The zero-order valence-electron chi connectivity index (χ0n) is 9.58. The number of hydrogen-bond acceptors (Lipinski definition) is 3. The number of nitrogens with zero attached hydrogens (tertiary/aromatic N) is 1. The second-order valence-electron chi connectivity index (χ2n) is 3.87. The fourth-order valence-electron chi connectivity index (χ4n) is 1.66. The van der Waals surface area contributed by atoms with Crippen molar-refractivity contribution in [2.24, 2.45) is 0 Å². The minimum atomic E-state index is -0.174. The van der Waals surface area contributed by atoms with Gasteiger partial charge in [-0.25, -0.2) is 4.98 Å². The lowest BCUT2D eigenvalue weighted by Gasteiger charge is -2.07. The molecule has 0 saturated heterocycles. The largest absolute Gasteiger partial charge is 0.383 e. The molecule has 0 aliphatic rings. The number of benzene rings is 1.